The molecule has 7 heteroatoms. The van der Waals surface area contributed by atoms with Crippen LogP contribution in [0.1, 0.15) is 55.5 Å². The number of ether oxygens (including phenoxy) is 1. The Kier molecular flexibility index (Phi) is 6.69. The number of nitrogens with one attached hydrogen (secondary N) is 2. The zero-order valence-corrected chi connectivity index (χ0v) is 16.8. The van der Waals surface area contributed by atoms with Crippen molar-refractivity contribution >= 4 is 17.3 Å². The molecule has 1 amide bonds. The van der Waals surface area contributed by atoms with Crippen molar-refractivity contribution in [2.24, 2.45) is 0 Å². The monoisotopic (exact) mass is 397 g/mol. The van der Waals surface area contributed by atoms with Crippen LogP contribution in [0.15, 0.2) is 42.5 Å². The summed E-state index contributed by atoms with van der Waals surface area (Å²) in [5.41, 5.74) is 1.44. The molecular formula is C22H27N3O4. The quantitative estimate of drug-likeness (QED) is 0.499. The van der Waals surface area contributed by atoms with Gasteiger partial charge in [-0.05, 0) is 57.7 Å². The first-order valence-electron chi connectivity index (χ1n) is 10.0. The second kappa shape index (κ2) is 9.41. The number of carbonyl (C=O) groups is 1. The molecule has 7 nitrogen and oxygen atoms in total. The zero-order valence-electron chi connectivity index (χ0n) is 16.8. The lowest BCUT2D eigenvalue weighted by Gasteiger charge is -2.17. The highest BCUT2D eigenvalue weighted by molar-refractivity contribution is 5.95. The van der Waals surface area contributed by atoms with E-state index in [9.17, 15) is 14.9 Å². The van der Waals surface area contributed by atoms with Gasteiger partial charge in [0.2, 0.25) is 0 Å². The Morgan fingerprint density at radius 3 is 2.62 bits per heavy atom. The van der Waals surface area contributed by atoms with Gasteiger partial charge in [0.15, 0.2) is 0 Å². The SMILES string of the molecule is CC(C)NC(=O)c1ccc(NCc2ccccc2OC2CCCC2)c([N+](=O)[O-])c1. The van der Waals surface area contributed by atoms with Crippen LogP contribution in [0.25, 0.3) is 0 Å². The molecule has 0 spiro atoms. The molecule has 2 N–H and O–H groups in total. The van der Waals surface area contributed by atoms with Gasteiger partial charge in [0.05, 0.1) is 11.0 Å². The summed E-state index contributed by atoms with van der Waals surface area (Å²) in [7, 11) is 0. The molecule has 0 unspecified atom stereocenters. The number of amides is 1. The molecule has 1 aliphatic rings. The first kappa shape index (κ1) is 20.6. The molecule has 0 heterocycles. The summed E-state index contributed by atoms with van der Waals surface area (Å²) in [5, 5.41) is 17.4. The van der Waals surface area contributed by atoms with E-state index >= 15 is 0 Å². The number of hydrogen-bond acceptors (Lipinski definition) is 5. The van der Waals surface area contributed by atoms with E-state index in [-0.39, 0.29) is 29.3 Å². The van der Waals surface area contributed by atoms with Crippen LogP contribution in [0.2, 0.25) is 0 Å². The first-order valence-corrected chi connectivity index (χ1v) is 10.0. The maximum absolute atomic E-state index is 12.2. The Bertz CT molecular complexity index is 876. The molecule has 2 aromatic rings. The second-order valence-corrected chi connectivity index (χ2v) is 7.60. The highest BCUT2D eigenvalue weighted by Gasteiger charge is 2.20. The number of anilines is 1. The average molecular weight is 397 g/mol. The number of para-hydroxylation sites is 1. The number of benzene rings is 2. The van der Waals surface area contributed by atoms with Crippen LogP contribution in [0.4, 0.5) is 11.4 Å². The summed E-state index contributed by atoms with van der Waals surface area (Å²) in [6, 6.07) is 12.2. The summed E-state index contributed by atoms with van der Waals surface area (Å²) in [6.07, 6.45) is 4.74. The lowest BCUT2D eigenvalue weighted by atomic mass is 10.1. The number of hydrogen-bond donors (Lipinski definition) is 2. The smallest absolute Gasteiger partial charge is 0.293 e. The van der Waals surface area contributed by atoms with Crippen LogP contribution in [-0.2, 0) is 6.54 Å². The zero-order chi connectivity index (χ0) is 20.8. The minimum absolute atomic E-state index is 0.0456. The van der Waals surface area contributed by atoms with Crippen molar-refractivity contribution in [2.75, 3.05) is 5.32 Å². The predicted octanol–water partition coefficient (Wildman–Crippen LogP) is 4.67. The van der Waals surface area contributed by atoms with E-state index in [2.05, 4.69) is 10.6 Å². The van der Waals surface area contributed by atoms with Crippen molar-refractivity contribution in [1.82, 2.24) is 5.32 Å². The third-order valence-electron chi connectivity index (χ3n) is 4.91. The van der Waals surface area contributed by atoms with Crippen molar-refractivity contribution in [2.45, 2.75) is 58.2 Å². The van der Waals surface area contributed by atoms with Crippen LogP contribution >= 0.6 is 0 Å². The van der Waals surface area contributed by atoms with E-state index in [4.69, 9.17) is 4.74 Å². The molecule has 29 heavy (non-hydrogen) atoms. The fourth-order valence-corrected chi connectivity index (χ4v) is 3.46. The largest absolute Gasteiger partial charge is 0.490 e. The Morgan fingerprint density at radius 1 is 1.21 bits per heavy atom. The molecule has 1 fully saturated rings. The van der Waals surface area contributed by atoms with E-state index in [0.717, 1.165) is 24.2 Å². The van der Waals surface area contributed by atoms with Crippen molar-refractivity contribution < 1.29 is 14.5 Å². The molecule has 0 aromatic heterocycles. The maximum Gasteiger partial charge on any atom is 0.293 e. The first-order chi connectivity index (χ1) is 13.9. The lowest BCUT2D eigenvalue weighted by molar-refractivity contribution is -0.384. The number of nitro groups is 1. The van der Waals surface area contributed by atoms with Gasteiger partial charge in [-0.1, -0.05) is 18.2 Å². The van der Waals surface area contributed by atoms with Crippen LogP contribution in [0.3, 0.4) is 0 Å². The summed E-state index contributed by atoms with van der Waals surface area (Å²) < 4.78 is 6.13. The molecule has 0 bridgehead atoms. The third kappa shape index (κ3) is 5.47. The molecule has 0 radical (unpaired) electrons. The van der Waals surface area contributed by atoms with Gasteiger partial charge in [-0.15, -0.1) is 0 Å². The Morgan fingerprint density at radius 2 is 1.93 bits per heavy atom. The van der Waals surface area contributed by atoms with E-state index in [1.807, 2.05) is 38.1 Å². The van der Waals surface area contributed by atoms with Crippen molar-refractivity contribution in [1.29, 1.82) is 0 Å². The Balaban J connectivity index is 1.75. The molecule has 3 rings (SSSR count). The number of nitrogens with zero attached hydrogens (tertiary/aromatic N) is 1. The summed E-state index contributed by atoms with van der Waals surface area (Å²) in [4.78, 5) is 23.2. The fraction of sp³-hybridized carbons (Fsp3) is 0.409. The summed E-state index contributed by atoms with van der Waals surface area (Å²) in [5.74, 6) is 0.479. The normalized spacial score (nSPS) is 14.0. The molecule has 0 saturated heterocycles. The van der Waals surface area contributed by atoms with E-state index in [1.165, 1.54) is 18.9 Å². The van der Waals surface area contributed by atoms with Gasteiger partial charge in [-0.3, -0.25) is 14.9 Å². The third-order valence-corrected chi connectivity index (χ3v) is 4.91. The Hall–Kier alpha value is -3.09. The minimum atomic E-state index is -0.477. The Labute approximate surface area is 170 Å². The van der Waals surface area contributed by atoms with Crippen molar-refractivity contribution in [3.63, 3.8) is 0 Å². The van der Waals surface area contributed by atoms with E-state index < -0.39 is 4.92 Å². The van der Waals surface area contributed by atoms with Gasteiger partial charge >= 0.3 is 0 Å². The summed E-state index contributed by atoms with van der Waals surface area (Å²) in [6.45, 7) is 4.07. The average Bonchev–Trinajstić information content (AvgIpc) is 3.19. The molecule has 1 saturated carbocycles. The van der Waals surface area contributed by atoms with Gasteiger partial charge in [-0.2, -0.15) is 0 Å². The maximum atomic E-state index is 12.2. The van der Waals surface area contributed by atoms with Gasteiger partial charge in [0.25, 0.3) is 11.6 Å². The predicted molar refractivity (Wildman–Crippen MR) is 112 cm³/mol. The van der Waals surface area contributed by atoms with Gasteiger partial charge in [0, 0.05) is 29.8 Å². The summed E-state index contributed by atoms with van der Waals surface area (Å²) >= 11 is 0. The molecule has 1 aliphatic carbocycles. The van der Waals surface area contributed by atoms with Crippen LogP contribution < -0.4 is 15.4 Å². The molecule has 154 valence electrons. The number of carbonyl (C=O) groups excluding carboxylic acids is 1. The van der Waals surface area contributed by atoms with Crippen molar-refractivity contribution in [3.05, 3.63) is 63.7 Å². The number of nitro benzene ring substituents is 1. The highest BCUT2D eigenvalue weighted by Crippen LogP contribution is 2.29. The molecule has 0 atom stereocenters. The fourth-order valence-electron chi connectivity index (χ4n) is 3.46. The minimum Gasteiger partial charge on any atom is -0.490 e. The molecule has 0 aliphatic heterocycles. The van der Waals surface area contributed by atoms with E-state index in [0.29, 0.717) is 12.2 Å². The topological polar surface area (TPSA) is 93.5 Å². The van der Waals surface area contributed by atoms with Gasteiger partial charge in [0.1, 0.15) is 11.4 Å². The highest BCUT2D eigenvalue weighted by atomic mass is 16.6. The van der Waals surface area contributed by atoms with Crippen molar-refractivity contribution in [3.8, 4) is 5.75 Å². The number of rotatable bonds is 8. The van der Waals surface area contributed by atoms with Gasteiger partial charge < -0.3 is 15.4 Å². The lowest BCUT2D eigenvalue weighted by Crippen LogP contribution is -2.30. The van der Waals surface area contributed by atoms with Crippen LogP contribution in [-0.4, -0.2) is 23.0 Å². The molecular weight excluding hydrogens is 370 g/mol. The standard InChI is InChI=1S/C22H27N3O4/c1-15(2)24-22(26)16-11-12-19(20(13-16)25(27)28)23-14-17-7-3-6-10-21(17)29-18-8-4-5-9-18/h3,6-7,10-13,15,18,23H,4-5,8-9,14H2,1-2H3,(H,24,26). The molecule has 2 aromatic carbocycles. The second-order valence-electron chi connectivity index (χ2n) is 7.60. The van der Waals surface area contributed by atoms with Crippen LogP contribution in [0, 0.1) is 10.1 Å². The van der Waals surface area contributed by atoms with E-state index in [1.54, 1.807) is 12.1 Å². The van der Waals surface area contributed by atoms with Gasteiger partial charge in [-0.25, -0.2) is 0 Å². The van der Waals surface area contributed by atoms with Crippen LogP contribution in [0.5, 0.6) is 5.75 Å².